The van der Waals surface area contributed by atoms with E-state index in [9.17, 15) is 9.59 Å². The Kier molecular flexibility index (Phi) is 2.60. The van der Waals surface area contributed by atoms with Gasteiger partial charge in [-0.2, -0.15) is 0 Å². The number of benzene rings is 2. The summed E-state index contributed by atoms with van der Waals surface area (Å²) in [5, 5.41) is 0. The van der Waals surface area contributed by atoms with Gasteiger partial charge in [0.05, 0.1) is 16.8 Å². The van der Waals surface area contributed by atoms with Gasteiger partial charge in [0.25, 0.3) is 0 Å². The fourth-order valence-electron chi connectivity index (χ4n) is 2.31. The summed E-state index contributed by atoms with van der Waals surface area (Å²) in [6.45, 7) is 0. The van der Waals surface area contributed by atoms with Crippen molar-refractivity contribution in [3.05, 3.63) is 56.2 Å². The van der Waals surface area contributed by atoms with E-state index in [0.717, 1.165) is 3.57 Å². The summed E-state index contributed by atoms with van der Waals surface area (Å²) in [6.07, 6.45) is 0. The predicted molar refractivity (Wildman–Crippen MR) is 81.3 cm³/mol. The lowest BCUT2D eigenvalue weighted by atomic mass is 9.82. The summed E-state index contributed by atoms with van der Waals surface area (Å²) < 4.78 is 0.754. The number of anilines is 2. The number of ketones is 2. The second-order valence-corrected chi connectivity index (χ2v) is 5.47. The molecule has 0 unspecified atom stereocenters. The van der Waals surface area contributed by atoms with Gasteiger partial charge in [-0.1, -0.05) is 12.1 Å². The topological polar surface area (TPSA) is 86.2 Å². The maximum absolute atomic E-state index is 12.5. The molecule has 94 valence electrons. The van der Waals surface area contributed by atoms with Gasteiger partial charge in [-0.15, -0.1) is 0 Å². The number of nitrogen functional groups attached to an aromatic ring is 2. The molecule has 5 heteroatoms. The van der Waals surface area contributed by atoms with Gasteiger partial charge >= 0.3 is 0 Å². The summed E-state index contributed by atoms with van der Waals surface area (Å²) >= 11 is 2.04. The zero-order chi connectivity index (χ0) is 13.7. The second-order valence-electron chi connectivity index (χ2n) is 4.31. The molecule has 3 rings (SSSR count). The highest BCUT2D eigenvalue weighted by atomic mass is 127. The van der Waals surface area contributed by atoms with Crippen molar-refractivity contribution in [2.45, 2.75) is 0 Å². The quantitative estimate of drug-likeness (QED) is 0.473. The molecule has 19 heavy (non-hydrogen) atoms. The molecule has 0 saturated carbocycles. The van der Waals surface area contributed by atoms with Crippen LogP contribution in [0.25, 0.3) is 0 Å². The lowest BCUT2D eigenvalue weighted by Crippen LogP contribution is -2.24. The average molecular weight is 364 g/mol. The van der Waals surface area contributed by atoms with Gasteiger partial charge < -0.3 is 11.5 Å². The first-order chi connectivity index (χ1) is 9.02. The number of fused-ring (bicyclic) bond motifs is 2. The van der Waals surface area contributed by atoms with Crippen LogP contribution >= 0.6 is 22.6 Å². The molecular formula is C14H9IN2O2. The molecule has 0 saturated heterocycles. The van der Waals surface area contributed by atoms with Crippen LogP contribution in [0.4, 0.5) is 11.4 Å². The minimum absolute atomic E-state index is 0.243. The van der Waals surface area contributed by atoms with Crippen molar-refractivity contribution < 1.29 is 9.59 Å². The van der Waals surface area contributed by atoms with E-state index < -0.39 is 0 Å². The summed E-state index contributed by atoms with van der Waals surface area (Å²) in [7, 11) is 0. The molecule has 0 amide bonds. The normalized spacial score (nSPS) is 13.1. The SMILES string of the molecule is Nc1cccc2c1C(=O)c1ccc(I)c(N)c1C2=O. The van der Waals surface area contributed by atoms with E-state index in [0.29, 0.717) is 22.5 Å². The first-order valence-corrected chi connectivity index (χ1v) is 6.66. The smallest absolute Gasteiger partial charge is 0.196 e. The summed E-state index contributed by atoms with van der Waals surface area (Å²) in [5.74, 6) is -0.487. The van der Waals surface area contributed by atoms with Crippen molar-refractivity contribution in [3.8, 4) is 0 Å². The molecule has 1 aliphatic carbocycles. The van der Waals surface area contributed by atoms with Crippen molar-refractivity contribution in [1.82, 2.24) is 0 Å². The van der Waals surface area contributed by atoms with E-state index in [-0.39, 0.29) is 22.7 Å². The minimum Gasteiger partial charge on any atom is -0.398 e. The van der Waals surface area contributed by atoms with Gasteiger partial charge in [-0.05, 0) is 40.8 Å². The number of nitrogens with two attached hydrogens (primary N) is 2. The molecular weight excluding hydrogens is 355 g/mol. The van der Waals surface area contributed by atoms with Gasteiger partial charge in [0.1, 0.15) is 0 Å². The molecule has 0 fully saturated rings. The van der Waals surface area contributed by atoms with E-state index in [1.54, 1.807) is 30.3 Å². The third kappa shape index (κ3) is 1.58. The van der Waals surface area contributed by atoms with Crippen LogP contribution in [0.3, 0.4) is 0 Å². The van der Waals surface area contributed by atoms with E-state index in [4.69, 9.17) is 11.5 Å². The number of halogens is 1. The molecule has 2 aromatic carbocycles. The highest BCUT2D eigenvalue weighted by Crippen LogP contribution is 2.35. The number of hydrogen-bond donors (Lipinski definition) is 2. The number of carbonyl (C=O) groups is 2. The molecule has 0 spiro atoms. The number of carbonyl (C=O) groups excluding carboxylic acids is 2. The molecule has 0 radical (unpaired) electrons. The Balaban J connectivity index is 2.40. The molecule has 0 bridgehead atoms. The van der Waals surface area contributed by atoms with Crippen LogP contribution in [-0.4, -0.2) is 11.6 Å². The second kappa shape index (κ2) is 4.06. The van der Waals surface area contributed by atoms with Crippen molar-refractivity contribution >= 4 is 45.5 Å². The van der Waals surface area contributed by atoms with E-state index in [1.807, 2.05) is 22.6 Å². The molecule has 0 heterocycles. The van der Waals surface area contributed by atoms with Crippen LogP contribution in [0.15, 0.2) is 30.3 Å². The van der Waals surface area contributed by atoms with Crippen LogP contribution in [0.2, 0.25) is 0 Å². The Morgan fingerprint density at radius 3 is 2.21 bits per heavy atom. The predicted octanol–water partition coefficient (Wildman–Crippen LogP) is 2.23. The third-order valence-corrected chi connectivity index (χ3v) is 4.17. The van der Waals surface area contributed by atoms with Gasteiger partial charge in [0, 0.05) is 20.4 Å². The maximum Gasteiger partial charge on any atom is 0.196 e. The van der Waals surface area contributed by atoms with Crippen LogP contribution in [0.1, 0.15) is 31.8 Å². The monoisotopic (exact) mass is 364 g/mol. The minimum atomic E-state index is -0.245. The van der Waals surface area contributed by atoms with Gasteiger partial charge in [0.15, 0.2) is 11.6 Å². The molecule has 0 aliphatic heterocycles. The number of rotatable bonds is 0. The van der Waals surface area contributed by atoms with Crippen molar-refractivity contribution in [1.29, 1.82) is 0 Å². The lowest BCUT2D eigenvalue weighted by molar-refractivity contribution is 0.0980. The Hall–Kier alpha value is -1.89. The maximum atomic E-state index is 12.5. The highest BCUT2D eigenvalue weighted by molar-refractivity contribution is 14.1. The zero-order valence-corrected chi connectivity index (χ0v) is 11.9. The molecule has 1 aliphatic rings. The largest absolute Gasteiger partial charge is 0.398 e. The van der Waals surface area contributed by atoms with E-state index in [2.05, 4.69) is 0 Å². The highest BCUT2D eigenvalue weighted by Gasteiger charge is 2.33. The van der Waals surface area contributed by atoms with Crippen LogP contribution in [0.5, 0.6) is 0 Å². The average Bonchev–Trinajstić information content (AvgIpc) is 2.39. The zero-order valence-electron chi connectivity index (χ0n) is 9.74. The van der Waals surface area contributed by atoms with E-state index in [1.165, 1.54) is 0 Å². The van der Waals surface area contributed by atoms with Crippen LogP contribution in [-0.2, 0) is 0 Å². The molecule has 0 aromatic heterocycles. The third-order valence-electron chi connectivity index (χ3n) is 3.23. The van der Waals surface area contributed by atoms with Crippen molar-refractivity contribution in [2.24, 2.45) is 0 Å². The summed E-state index contributed by atoms with van der Waals surface area (Å²) in [5.41, 5.74) is 13.6. The molecule has 2 aromatic rings. The summed E-state index contributed by atoms with van der Waals surface area (Å²) in [6, 6.07) is 8.24. The summed E-state index contributed by atoms with van der Waals surface area (Å²) in [4.78, 5) is 24.9. The van der Waals surface area contributed by atoms with Crippen molar-refractivity contribution in [2.75, 3.05) is 11.5 Å². The van der Waals surface area contributed by atoms with E-state index >= 15 is 0 Å². The fraction of sp³-hybridized carbons (Fsp3) is 0. The van der Waals surface area contributed by atoms with Crippen LogP contribution in [0, 0.1) is 3.57 Å². The first kappa shape index (κ1) is 12.2. The van der Waals surface area contributed by atoms with Gasteiger partial charge in [0.2, 0.25) is 0 Å². The number of hydrogen-bond acceptors (Lipinski definition) is 4. The Morgan fingerprint density at radius 1 is 0.842 bits per heavy atom. The van der Waals surface area contributed by atoms with Crippen LogP contribution < -0.4 is 11.5 Å². The van der Waals surface area contributed by atoms with Gasteiger partial charge in [-0.25, -0.2) is 0 Å². The molecule has 4 nitrogen and oxygen atoms in total. The Morgan fingerprint density at radius 2 is 1.47 bits per heavy atom. The standard InChI is InChI=1S/C14H9IN2O2/c15-8-5-4-7-11(12(8)17)14(19)6-2-1-3-9(16)10(6)13(7)18/h1-5H,16-17H2. The molecule has 0 atom stereocenters. The van der Waals surface area contributed by atoms with Gasteiger partial charge in [-0.3, -0.25) is 9.59 Å². The van der Waals surface area contributed by atoms with Crippen molar-refractivity contribution in [3.63, 3.8) is 0 Å². The Labute approximate surface area is 122 Å². The lowest BCUT2D eigenvalue weighted by Gasteiger charge is -2.20. The fourth-order valence-corrected chi connectivity index (χ4v) is 2.76. The molecule has 4 N–H and O–H groups in total. The first-order valence-electron chi connectivity index (χ1n) is 5.58. The Bertz CT molecular complexity index is 753.